The van der Waals surface area contributed by atoms with Crippen molar-refractivity contribution in [3.63, 3.8) is 0 Å². The van der Waals surface area contributed by atoms with Crippen molar-refractivity contribution in [1.29, 1.82) is 0 Å². The van der Waals surface area contributed by atoms with Gasteiger partial charge < -0.3 is 19.9 Å². The Morgan fingerprint density at radius 3 is 2.90 bits per heavy atom. The summed E-state index contributed by atoms with van der Waals surface area (Å²) in [4.78, 5) is 30.3. The molecule has 1 atom stereocenters. The van der Waals surface area contributed by atoms with E-state index in [-0.39, 0.29) is 24.2 Å². The van der Waals surface area contributed by atoms with Gasteiger partial charge in [0.2, 0.25) is 0 Å². The number of rotatable bonds is 5. The van der Waals surface area contributed by atoms with Gasteiger partial charge in [0.05, 0.1) is 12.6 Å². The number of anilines is 1. The van der Waals surface area contributed by atoms with Crippen molar-refractivity contribution in [2.24, 2.45) is 0 Å². The lowest BCUT2D eigenvalue weighted by Crippen LogP contribution is -2.40. The molecule has 0 saturated carbocycles. The standard InChI is InChI=1S/C23H24ClN3O3/c1-15-7-8-16-11-17(22(28)26-21(16)10-15)13-27(14-20-6-3-9-30-20)23(29)25-19-5-2-4-18(24)12-19/h2,4-5,7-8,10-12,20H,3,6,9,13-14H2,1H3,(H,25,29)(H,26,28)/t20-/m0/s1. The SMILES string of the molecule is Cc1ccc2cc(CN(C[C@@H]3CCCO3)C(=O)Nc3cccc(Cl)c3)c(=O)[nH]c2c1. The van der Waals surface area contributed by atoms with Gasteiger partial charge in [-0.1, -0.05) is 29.8 Å². The molecular weight excluding hydrogens is 402 g/mol. The predicted molar refractivity (Wildman–Crippen MR) is 119 cm³/mol. The summed E-state index contributed by atoms with van der Waals surface area (Å²) in [6, 6.07) is 14.5. The van der Waals surface area contributed by atoms with E-state index in [9.17, 15) is 9.59 Å². The maximum absolute atomic E-state index is 13.0. The number of urea groups is 1. The largest absolute Gasteiger partial charge is 0.376 e. The number of H-pyrrole nitrogens is 1. The summed E-state index contributed by atoms with van der Waals surface area (Å²) in [5.74, 6) is 0. The van der Waals surface area contributed by atoms with Crippen LogP contribution in [0.1, 0.15) is 24.0 Å². The Morgan fingerprint density at radius 1 is 1.27 bits per heavy atom. The van der Waals surface area contributed by atoms with E-state index in [4.69, 9.17) is 16.3 Å². The van der Waals surface area contributed by atoms with Gasteiger partial charge in [0.25, 0.3) is 5.56 Å². The molecule has 1 saturated heterocycles. The summed E-state index contributed by atoms with van der Waals surface area (Å²) in [5.41, 5.74) is 2.81. The molecule has 1 aliphatic heterocycles. The van der Waals surface area contributed by atoms with E-state index in [2.05, 4.69) is 10.3 Å². The Kier molecular flexibility index (Phi) is 6.06. The maximum atomic E-state index is 13.0. The van der Waals surface area contributed by atoms with Gasteiger partial charge in [-0.3, -0.25) is 4.79 Å². The van der Waals surface area contributed by atoms with E-state index >= 15 is 0 Å². The highest BCUT2D eigenvalue weighted by molar-refractivity contribution is 6.30. The molecule has 6 nitrogen and oxygen atoms in total. The zero-order valence-electron chi connectivity index (χ0n) is 16.8. The van der Waals surface area contributed by atoms with Gasteiger partial charge in [-0.15, -0.1) is 0 Å². The number of halogens is 1. The predicted octanol–water partition coefficient (Wildman–Crippen LogP) is 4.70. The van der Waals surface area contributed by atoms with E-state index in [1.54, 1.807) is 29.2 Å². The van der Waals surface area contributed by atoms with E-state index in [0.717, 1.165) is 29.3 Å². The van der Waals surface area contributed by atoms with Crippen LogP contribution in [0.5, 0.6) is 0 Å². The summed E-state index contributed by atoms with van der Waals surface area (Å²) in [7, 11) is 0. The van der Waals surface area contributed by atoms with Crippen molar-refractivity contribution in [1.82, 2.24) is 9.88 Å². The van der Waals surface area contributed by atoms with Crippen LogP contribution in [0.3, 0.4) is 0 Å². The van der Waals surface area contributed by atoms with Crippen molar-refractivity contribution in [2.45, 2.75) is 32.4 Å². The number of pyridine rings is 1. The van der Waals surface area contributed by atoms with Crippen molar-refractivity contribution in [3.8, 4) is 0 Å². The lowest BCUT2D eigenvalue weighted by molar-refractivity contribution is 0.0818. The lowest BCUT2D eigenvalue weighted by atomic mass is 10.1. The lowest BCUT2D eigenvalue weighted by Gasteiger charge is -2.25. The summed E-state index contributed by atoms with van der Waals surface area (Å²) >= 11 is 6.03. The van der Waals surface area contributed by atoms with Crippen LogP contribution in [0.2, 0.25) is 5.02 Å². The number of fused-ring (bicyclic) bond motifs is 1. The fraction of sp³-hybridized carbons (Fsp3) is 0.304. The number of ether oxygens (including phenoxy) is 1. The topological polar surface area (TPSA) is 74.4 Å². The second-order valence-corrected chi connectivity index (χ2v) is 8.11. The molecule has 1 aromatic heterocycles. The van der Waals surface area contributed by atoms with Crippen LogP contribution in [-0.4, -0.2) is 35.2 Å². The Balaban J connectivity index is 1.59. The third kappa shape index (κ3) is 4.83. The number of carbonyl (C=O) groups excluding carboxylic acids is 1. The Labute approximate surface area is 179 Å². The molecule has 1 fully saturated rings. The third-order valence-corrected chi connectivity index (χ3v) is 5.49. The number of nitrogens with zero attached hydrogens (tertiary/aromatic N) is 1. The Bertz CT molecular complexity index is 1120. The molecule has 156 valence electrons. The number of benzene rings is 2. The van der Waals surface area contributed by atoms with E-state index in [0.29, 0.717) is 29.4 Å². The van der Waals surface area contributed by atoms with Crippen LogP contribution in [0, 0.1) is 6.92 Å². The number of hydrogen-bond donors (Lipinski definition) is 2. The molecule has 0 unspecified atom stereocenters. The van der Waals surface area contributed by atoms with Crippen LogP contribution in [0.15, 0.2) is 53.3 Å². The van der Waals surface area contributed by atoms with E-state index in [1.165, 1.54) is 0 Å². The van der Waals surface area contributed by atoms with Crippen LogP contribution in [-0.2, 0) is 11.3 Å². The summed E-state index contributed by atoms with van der Waals surface area (Å²) in [6.45, 7) is 3.28. The monoisotopic (exact) mass is 425 g/mol. The van der Waals surface area contributed by atoms with Gasteiger partial charge in [0.15, 0.2) is 0 Å². The molecule has 0 radical (unpaired) electrons. The van der Waals surface area contributed by atoms with Crippen LogP contribution < -0.4 is 10.9 Å². The average Bonchev–Trinajstić information content (AvgIpc) is 3.21. The number of nitrogens with one attached hydrogen (secondary N) is 2. The minimum absolute atomic E-state index is 0.0303. The summed E-state index contributed by atoms with van der Waals surface area (Å²) in [6.07, 6.45) is 1.84. The first-order chi connectivity index (χ1) is 14.5. The van der Waals surface area contributed by atoms with Gasteiger partial charge in [-0.2, -0.15) is 0 Å². The van der Waals surface area contributed by atoms with Gasteiger partial charge in [0, 0.05) is 34.9 Å². The van der Waals surface area contributed by atoms with Crippen molar-refractivity contribution < 1.29 is 9.53 Å². The number of aryl methyl sites for hydroxylation is 1. The maximum Gasteiger partial charge on any atom is 0.322 e. The Morgan fingerprint density at radius 2 is 2.13 bits per heavy atom. The molecule has 0 spiro atoms. The molecule has 7 heteroatoms. The fourth-order valence-corrected chi connectivity index (χ4v) is 3.90. The molecule has 3 aromatic rings. The number of amides is 2. The highest BCUT2D eigenvalue weighted by atomic mass is 35.5. The highest BCUT2D eigenvalue weighted by Gasteiger charge is 2.24. The van der Waals surface area contributed by atoms with Gasteiger partial charge in [0.1, 0.15) is 0 Å². The second-order valence-electron chi connectivity index (χ2n) is 7.67. The summed E-state index contributed by atoms with van der Waals surface area (Å²) < 4.78 is 5.73. The van der Waals surface area contributed by atoms with Crippen LogP contribution >= 0.6 is 11.6 Å². The van der Waals surface area contributed by atoms with Crippen LogP contribution in [0.4, 0.5) is 10.5 Å². The normalized spacial score (nSPS) is 16.0. The molecule has 2 amide bonds. The molecule has 0 aliphatic carbocycles. The summed E-state index contributed by atoms with van der Waals surface area (Å²) in [5, 5.41) is 4.35. The minimum Gasteiger partial charge on any atom is -0.376 e. The molecule has 2 aromatic carbocycles. The van der Waals surface area contributed by atoms with Crippen LogP contribution in [0.25, 0.3) is 10.9 Å². The quantitative estimate of drug-likeness (QED) is 0.622. The smallest absolute Gasteiger partial charge is 0.322 e. The fourth-order valence-electron chi connectivity index (χ4n) is 3.71. The van der Waals surface area contributed by atoms with Gasteiger partial charge in [-0.25, -0.2) is 4.79 Å². The molecule has 4 rings (SSSR count). The zero-order chi connectivity index (χ0) is 21.1. The van der Waals surface area contributed by atoms with E-state index < -0.39 is 0 Å². The number of aromatic amines is 1. The first kappa shape index (κ1) is 20.4. The first-order valence-corrected chi connectivity index (χ1v) is 10.4. The average molecular weight is 426 g/mol. The Hall–Kier alpha value is -2.83. The van der Waals surface area contributed by atoms with Gasteiger partial charge >= 0.3 is 6.03 Å². The number of carbonyl (C=O) groups is 1. The van der Waals surface area contributed by atoms with Crippen molar-refractivity contribution in [3.05, 3.63) is 75.0 Å². The third-order valence-electron chi connectivity index (χ3n) is 5.25. The molecule has 1 aliphatic rings. The second kappa shape index (κ2) is 8.90. The van der Waals surface area contributed by atoms with Crippen molar-refractivity contribution >= 4 is 34.2 Å². The first-order valence-electron chi connectivity index (χ1n) is 10.0. The molecule has 30 heavy (non-hydrogen) atoms. The van der Waals surface area contributed by atoms with Gasteiger partial charge in [-0.05, 0) is 61.0 Å². The molecule has 2 heterocycles. The zero-order valence-corrected chi connectivity index (χ0v) is 17.5. The van der Waals surface area contributed by atoms with E-state index in [1.807, 2.05) is 31.2 Å². The minimum atomic E-state index is -0.295. The number of aromatic nitrogens is 1. The van der Waals surface area contributed by atoms with Crippen molar-refractivity contribution in [2.75, 3.05) is 18.5 Å². The number of hydrogen-bond acceptors (Lipinski definition) is 3. The highest BCUT2D eigenvalue weighted by Crippen LogP contribution is 2.19. The molecular formula is C23H24ClN3O3. The molecule has 2 N–H and O–H groups in total. The molecule has 0 bridgehead atoms.